The second kappa shape index (κ2) is 10.7. The van der Waals surface area contributed by atoms with Crippen LogP contribution in [0.1, 0.15) is 36.9 Å². The maximum Gasteiger partial charge on any atom is 0.318 e. The van der Waals surface area contributed by atoms with Gasteiger partial charge in [-0.1, -0.05) is 42.4 Å². The molecule has 3 saturated heterocycles. The van der Waals surface area contributed by atoms with Gasteiger partial charge in [0, 0.05) is 60.3 Å². The largest absolute Gasteiger partial charge is 0.463 e. The van der Waals surface area contributed by atoms with Crippen LogP contribution in [0.3, 0.4) is 0 Å². The van der Waals surface area contributed by atoms with Gasteiger partial charge in [0.15, 0.2) is 0 Å². The van der Waals surface area contributed by atoms with Gasteiger partial charge in [0.25, 0.3) is 0 Å². The molecule has 0 N–H and O–H groups in total. The molecule has 8 nitrogen and oxygen atoms in total. The number of ether oxygens (including phenoxy) is 1. The molecule has 42 heavy (non-hydrogen) atoms. The minimum atomic E-state index is 0.0260. The Bertz CT molecular complexity index is 1530. The topological polar surface area (TPSA) is 65.0 Å². The highest BCUT2D eigenvalue weighted by molar-refractivity contribution is 6.36. The van der Waals surface area contributed by atoms with Gasteiger partial charge >= 0.3 is 6.01 Å². The van der Waals surface area contributed by atoms with E-state index in [4.69, 9.17) is 26.3 Å². The lowest BCUT2D eigenvalue weighted by atomic mass is 9.89. The fourth-order valence-corrected chi connectivity index (χ4v) is 7.60. The number of benzene rings is 2. The van der Waals surface area contributed by atoms with Crippen molar-refractivity contribution in [1.82, 2.24) is 19.8 Å². The molecule has 1 aromatic heterocycles. The summed E-state index contributed by atoms with van der Waals surface area (Å²) < 4.78 is 6.43. The number of hydrogen-bond donors (Lipinski definition) is 0. The number of rotatable bonds is 8. The molecule has 2 atom stereocenters. The van der Waals surface area contributed by atoms with Crippen molar-refractivity contribution in [1.29, 1.82) is 0 Å². The van der Waals surface area contributed by atoms with E-state index >= 15 is 0 Å². The van der Waals surface area contributed by atoms with Crippen molar-refractivity contribution in [3.05, 3.63) is 65.3 Å². The van der Waals surface area contributed by atoms with Crippen LogP contribution in [0.2, 0.25) is 5.02 Å². The molecular formula is C33H39ClN6O2. The third-order valence-electron chi connectivity index (χ3n) is 9.57. The summed E-state index contributed by atoms with van der Waals surface area (Å²) in [6, 6.07) is 13.3. The highest BCUT2D eigenvalue weighted by Crippen LogP contribution is 2.46. The number of piperidine rings is 2. The molecule has 8 rings (SSSR count). The Morgan fingerprint density at radius 3 is 2.64 bits per heavy atom. The summed E-state index contributed by atoms with van der Waals surface area (Å²) in [5.41, 5.74) is 3.53. The standard InChI is InChI=1S/C33H39ClN6O2/c1-4-29(41)39-17-24-12-11-23(39)18-40(24)31-25-13-16-38(28-10-6-8-22-7-5-9-26(34)30(22)28)19-27(25)35-32(36-31)42-21-33(14-15-33)20-37(2)3/h4-10,23-24H,1,11-21H2,2-3H3. The zero-order valence-corrected chi connectivity index (χ0v) is 25.3. The molecule has 5 aliphatic rings. The molecule has 3 aromatic rings. The number of fused-ring (bicyclic) bond motifs is 5. The Morgan fingerprint density at radius 1 is 1.14 bits per heavy atom. The van der Waals surface area contributed by atoms with Crippen LogP contribution >= 0.6 is 11.6 Å². The second-order valence-electron chi connectivity index (χ2n) is 12.8. The maximum atomic E-state index is 12.6. The van der Waals surface area contributed by atoms with Crippen LogP contribution in [0.15, 0.2) is 49.1 Å². The van der Waals surface area contributed by atoms with Gasteiger partial charge in [0.2, 0.25) is 5.91 Å². The lowest BCUT2D eigenvalue weighted by Crippen LogP contribution is -2.64. The average Bonchev–Trinajstić information content (AvgIpc) is 3.77. The predicted octanol–water partition coefficient (Wildman–Crippen LogP) is 4.93. The molecule has 1 saturated carbocycles. The number of piperazine rings is 1. The zero-order valence-electron chi connectivity index (χ0n) is 24.6. The van der Waals surface area contributed by atoms with Crippen molar-refractivity contribution in [2.45, 2.75) is 50.7 Å². The summed E-state index contributed by atoms with van der Waals surface area (Å²) in [6.45, 7) is 8.35. The van der Waals surface area contributed by atoms with Crippen molar-refractivity contribution in [2.24, 2.45) is 5.41 Å². The van der Waals surface area contributed by atoms with Crippen molar-refractivity contribution in [3.8, 4) is 6.01 Å². The van der Waals surface area contributed by atoms with Crippen LogP contribution in [0.4, 0.5) is 11.5 Å². The quantitative estimate of drug-likeness (QED) is 0.347. The summed E-state index contributed by atoms with van der Waals surface area (Å²) in [6.07, 6.45) is 6.68. The van der Waals surface area contributed by atoms with E-state index in [0.29, 0.717) is 25.7 Å². The number of nitrogens with zero attached hydrogens (tertiary/aromatic N) is 6. The fraction of sp³-hybridized carbons (Fsp3) is 0.485. The molecule has 4 aliphatic heterocycles. The average molecular weight is 587 g/mol. The lowest BCUT2D eigenvalue weighted by molar-refractivity contribution is -0.131. The number of carbonyl (C=O) groups excluding carboxylic acids is 1. The van der Waals surface area contributed by atoms with Crippen molar-refractivity contribution < 1.29 is 9.53 Å². The first-order chi connectivity index (χ1) is 20.3. The van der Waals surface area contributed by atoms with Gasteiger partial charge in [-0.3, -0.25) is 4.79 Å². The van der Waals surface area contributed by atoms with Crippen LogP contribution in [0.25, 0.3) is 10.8 Å². The number of hydrogen-bond acceptors (Lipinski definition) is 7. The Balaban J connectivity index is 1.23. The molecule has 0 spiro atoms. The molecule has 2 aromatic carbocycles. The Kier molecular flexibility index (Phi) is 7.02. The van der Waals surface area contributed by atoms with Crippen molar-refractivity contribution in [2.75, 3.05) is 56.7 Å². The Labute approximate surface area is 252 Å². The SMILES string of the molecule is C=CC(=O)N1CC2CCC1CN2c1nc(OCC2(CN(C)C)CC2)nc2c1CCN(c1cccc3cccc(Cl)c13)C2. The predicted molar refractivity (Wildman–Crippen MR) is 168 cm³/mol. The molecule has 220 valence electrons. The molecule has 9 heteroatoms. The number of anilines is 2. The van der Waals surface area contributed by atoms with Crippen LogP contribution in [-0.4, -0.2) is 84.6 Å². The molecule has 0 radical (unpaired) electrons. The normalized spacial score (nSPS) is 22.4. The lowest BCUT2D eigenvalue weighted by Gasteiger charge is -2.52. The monoisotopic (exact) mass is 586 g/mol. The van der Waals surface area contributed by atoms with E-state index in [0.717, 1.165) is 71.9 Å². The van der Waals surface area contributed by atoms with E-state index in [-0.39, 0.29) is 23.4 Å². The fourth-order valence-electron chi connectivity index (χ4n) is 7.32. The molecule has 4 fully saturated rings. The van der Waals surface area contributed by atoms with Crippen molar-refractivity contribution in [3.63, 3.8) is 0 Å². The molecule has 5 heterocycles. The molecule has 1 amide bonds. The third-order valence-corrected chi connectivity index (χ3v) is 9.89. The number of carbonyl (C=O) groups is 1. The summed E-state index contributed by atoms with van der Waals surface area (Å²) in [5.74, 6) is 1.02. The van der Waals surface area contributed by atoms with Crippen LogP contribution in [0, 0.1) is 5.41 Å². The summed E-state index contributed by atoms with van der Waals surface area (Å²) in [7, 11) is 4.24. The first-order valence-corrected chi connectivity index (χ1v) is 15.5. The van der Waals surface area contributed by atoms with Crippen LogP contribution in [0.5, 0.6) is 6.01 Å². The maximum absolute atomic E-state index is 12.6. The Morgan fingerprint density at radius 2 is 1.93 bits per heavy atom. The molecule has 2 unspecified atom stereocenters. The summed E-state index contributed by atoms with van der Waals surface area (Å²) in [5, 5.41) is 2.98. The first kappa shape index (κ1) is 27.5. The van der Waals surface area contributed by atoms with Gasteiger partial charge in [-0.2, -0.15) is 9.97 Å². The molecular weight excluding hydrogens is 548 g/mol. The molecule has 1 aliphatic carbocycles. The minimum absolute atomic E-state index is 0.0260. The highest BCUT2D eigenvalue weighted by Gasteiger charge is 2.45. The van der Waals surface area contributed by atoms with Gasteiger partial charge in [-0.05, 0) is 69.8 Å². The van der Waals surface area contributed by atoms with Gasteiger partial charge < -0.3 is 24.3 Å². The number of aromatic nitrogens is 2. The van der Waals surface area contributed by atoms with E-state index in [9.17, 15) is 4.79 Å². The Hall–Kier alpha value is -3.36. The number of amides is 1. The molecule has 2 bridgehead atoms. The van der Waals surface area contributed by atoms with Crippen LogP contribution < -0.4 is 14.5 Å². The first-order valence-electron chi connectivity index (χ1n) is 15.1. The highest BCUT2D eigenvalue weighted by atomic mass is 35.5. The van der Waals surface area contributed by atoms with Crippen molar-refractivity contribution >= 4 is 39.8 Å². The van der Waals surface area contributed by atoms with Gasteiger partial charge in [-0.25, -0.2) is 0 Å². The van der Waals surface area contributed by atoms with Crippen LogP contribution in [-0.2, 0) is 17.8 Å². The van der Waals surface area contributed by atoms with E-state index < -0.39 is 0 Å². The van der Waals surface area contributed by atoms with E-state index in [1.807, 2.05) is 17.0 Å². The zero-order chi connectivity index (χ0) is 29.0. The second-order valence-corrected chi connectivity index (χ2v) is 13.2. The minimum Gasteiger partial charge on any atom is -0.463 e. The van der Waals surface area contributed by atoms with Gasteiger partial charge in [0.05, 0.1) is 23.9 Å². The summed E-state index contributed by atoms with van der Waals surface area (Å²) >= 11 is 6.72. The van der Waals surface area contributed by atoms with Gasteiger partial charge in [-0.15, -0.1) is 0 Å². The van der Waals surface area contributed by atoms with E-state index in [2.05, 4.69) is 59.6 Å². The third kappa shape index (κ3) is 4.98. The van der Waals surface area contributed by atoms with E-state index in [1.165, 1.54) is 24.5 Å². The smallest absolute Gasteiger partial charge is 0.318 e. The summed E-state index contributed by atoms with van der Waals surface area (Å²) in [4.78, 5) is 31.8. The number of halogens is 1. The van der Waals surface area contributed by atoms with E-state index in [1.54, 1.807) is 0 Å². The van der Waals surface area contributed by atoms with Gasteiger partial charge in [0.1, 0.15) is 5.82 Å².